The zero-order valence-corrected chi connectivity index (χ0v) is 20.3. The minimum atomic E-state index is -0.530. The average Bonchev–Trinajstić information content (AvgIpc) is 3.23. The zero-order valence-electron chi connectivity index (χ0n) is 20.3. The fourth-order valence-corrected chi connectivity index (χ4v) is 8.16. The molecule has 0 aromatic heterocycles. The molecule has 2 heterocycles. The van der Waals surface area contributed by atoms with Crippen LogP contribution in [-0.2, 0) is 19.2 Å². The molecule has 6 nitrogen and oxygen atoms in total. The Labute approximate surface area is 203 Å². The number of rotatable bonds is 5. The van der Waals surface area contributed by atoms with E-state index in [1.54, 1.807) is 0 Å². The van der Waals surface area contributed by atoms with E-state index in [4.69, 9.17) is 24.0 Å². The molecule has 0 unspecified atom stereocenters. The van der Waals surface area contributed by atoms with Crippen LogP contribution in [0, 0.1) is 23.7 Å². The van der Waals surface area contributed by atoms with Gasteiger partial charge < -0.3 is 14.2 Å². The highest BCUT2D eigenvalue weighted by molar-refractivity contribution is 5.31. The highest BCUT2D eigenvalue weighted by Crippen LogP contribution is 2.64. The third-order valence-electron chi connectivity index (χ3n) is 9.80. The Hall–Kier alpha value is -1.18. The molecule has 0 atom stereocenters. The summed E-state index contributed by atoms with van der Waals surface area (Å²) in [5, 5.41) is 0. The average molecular weight is 470 g/mol. The topological polar surface area (TPSA) is 49.4 Å². The smallest absolute Gasteiger partial charge is 0.210 e. The SMILES string of the molecule is c1cc(OCCN2CCOCC2)cc([C@H]2CC[C@]3(CC2)OO[C@]2(O3)C3CC4CC(C3)CC2C4)c1. The molecule has 34 heavy (non-hydrogen) atoms. The van der Waals surface area contributed by atoms with Gasteiger partial charge in [0.05, 0.1) is 13.2 Å². The predicted molar refractivity (Wildman–Crippen MR) is 126 cm³/mol. The maximum atomic E-state index is 6.89. The lowest BCUT2D eigenvalue weighted by atomic mass is 9.53. The molecular formula is C28H39NO5. The fraction of sp³-hybridized carbons (Fsp3) is 0.786. The van der Waals surface area contributed by atoms with Crippen LogP contribution < -0.4 is 4.74 Å². The van der Waals surface area contributed by atoms with Gasteiger partial charge in [-0.1, -0.05) is 12.1 Å². The number of benzene rings is 1. The molecule has 5 saturated carbocycles. The van der Waals surface area contributed by atoms with Crippen LogP contribution in [0.15, 0.2) is 24.3 Å². The molecule has 0 N–H and O–H groups in total. The first kappa shape index (κ1) is 22.1. The molecule has 1 aromatic rings. The Bertz CT molecular complexity index is 847. The van der Waals surface area contributed by atoms with E-state index in [9.17, 15) is 0 Å². The van der Waals surface area contributed by atoms with E-state index < -0.39 is 11.6 Å². The van der Waals surface area contributed by atoms with E-state index in [1.807, 2.05) is 0 Å². The molecule has 0 amide bonds. The normalized spacial score (nSPS) is 43.7. The molecule has 6 heteroatoms. The van der Waals surface area contributed by atoms with Crippen molar-refractivity contribution in [2.75, 3.05) is 39.5 Å². The summed E-state index contributed by atoms with van der Waals surface area (Å²) >= 11 is 0. The molecule has 2 aliphatic heterocycles. The number of ether oxygens (including phenoxy) is 3. The Kier molecular flexibility index (Phi) is 5.67. The van der Waals surface area contributed by atoms with E-state index in [0.29, 0.717) is 17.8 Å². The molecule has 8 rings (SSSR count). The molecule has 4 bridgehead atoms. The van der Waals surface area contributed by atoms with E-state index in [1.165, 1.54) is 37.7 Å². The summed E-state index contributed by atoms with van der Waals surface area (Å²) in [7, 11) is 0. The van der Waals surface area contributed by atoms with Crippen LogP contribution in [0.1, 0.15) is 69.3 Å². The Morgan fingerprint density at radius 2 is 1.65 bits per heavy atom. The van der Waals surface area contributed by atoms with E-state index >= 15 is 0 Å². The summed E-state index contributed by atoms with van der Waals surface area (Å²) in [4.78, 5) is 14.7. The highest BCUT2D eigenvalue weighted by Gasteiger charge is 2.66. The second-order valence-electron chi connectivity index (χ2n) is 11.9. The Morgan fingerprint density at radius 3 is 2.38 bits per heavy atom. The molecule has 7 fully saturated rings. The monoisotopic (exact) mass is 469 g/mol. The lowest BCUT2D eigenvalue weighted by Gasteiger charge is -2.57. The van der Waals surface area contributed by atoms with Gasteiger partial charge in [0.25, 0.3) is 0 Å². The van der Waals surface area contributed by atoms with Gasteiger partial charge in [0.1, 0.15) is 12.4 Å². The largest absolute Gasteiger partial charge is 0.492 e. The first-order valence-corrected chi connectivity index (χ1v) is 13.8. The quantitative estimate of drug-likeness (QED) is 0.573. The van der Waals surface area contributed by atoms with Crippen molar-refractivity contribution in [1.82, 2.24) is 4.90 Å². The molecule has 0 radical (unpaired) electrons. The van der Waals surface area contributed by atoms with E-state index in [2.05, 4.69) is 29.2 Å². The molecule has 2 saturated heterocycles. The summed E-state index contributed by atoms with van der Waals surface area (Å²) in [5.41, 5.74) is 1.38. The van der Waals surface area contributed by atoms with Crippen LogP contribution >= 0.6 is 0 Å². The summed E-state index contributed by atoms with van der Waals surface area (Å²) in [6, 6.07) is 8.72. The zero-order chi connectivity index (χ0) is 22.6. The Balaban J connectivity index is 0.955. The van der Waals surface area contributed by atoms with Gasteiger partial charge in [-0.3, -0.25) is 4.90 Å². The molecule has 5 aliphatic carbocycles. The summed E-state index contributed by atoms with van der Waals surface area (Å²) < 4.78 is 18.4. The standard InChI is InChI=1S/C28H39NO5/c1-2-23(19-26(3-1)31-13-10-29-8-11-30-12-9-29)22-4-6-27(7-5-22)32-28(34-33-27)24-15-20-14-21(17-24)18-25(28)16-20/h1-3,19-22,24-25H,4-18H2/t20?,21?,22-,24?,25?,27+,28-. The minimum absolute atomic E-state index is 0.450. The number of morpholine rings is 1. The second-order valence-corrected chi connectivity index (χ2v) is 11.9. The molecule has 2 spiro atoms. The van der Waals surface area contributed by atoms with Gasteiger partial charge in [0.2, 0.25) is 11.6 Å². The lowest BCUT2D eigenvalue weighted by molar-refractivity contribution is -0.390. The molecule has 7 aliphatic rings. The summed E-state index contributed by atoms with van der Waals surface area (Å²) in [6.07, 6.45) is 10.5. The van der Waals surface area contributed by atoms with Crippen molar-refractivity contribution in [3.05, 3.63) is 29.8 Å². The van der Waals surface area contributed by atoms with Gasteiger partial charge >= 0.3 is 0 Å². The Morgan fingerprint density at radius 1 is 0.912 bits per heavy atom. The van der Waals surface area contributed by atoms with Gasteiger partial charge in [-0.15, -0.1) is 0 Å². The van der Waals surface area contributed by atoms with Crippen LogP contribution in [0.5, 0.6) is 5.75 Å². The van der Waals surface area contributed by atoms with Crippen molar-refractivity contribution < 1.29 is 24.0 Å². The van der Waals surface area contributed by atoms with Gasteiger partial charge in [-0.05, 0) is 80.4 Å². The maximum absolute atomic E-state index is 6.89. The van der Waals surface area contributed by atoms with Crippen molar-refractivity contribution in [3.8, 4) is 5.75 Å². The third kappa shape index (κ3) is 3.90. The van der Waals surface area contributed by atoms with Crippen LogP contribution in [-0.4, -0.2) is 55.9 Å². The van der Waals surface area contributed by atoms with Crippen molar-refractivity contribution in [1.29, 1.82) is 0 Å². The minimum Gasteiger partial charge on any atom is -0.492 e. The summed E-state index contributed by atoms with van der Waals surface area (Å²) in [6.45, 7) is 5.36. The van der Waals surface area contributed by atoms with Gasteiger partial charge in [-0.25, -0.2) is 0 Å². The van der Waals surface area contributed by atoms with Gasteiger partial charge in [0.15, 0.2) is 0 Å². The predicted octanol–water partition coefficient (Wildman–Crippen LogP) is 4.88. The van der Waals surface area contributed by atoms with Crippen molar-refractivity contribution in [3.63, 3.8) is 0 Å². The highest BCUT2D eigenvalue weighted by atomic mass is 17.3. The first-order chi connectivity index (χ1) is 16.7. The van der Waals surface area contributed by atoms with E-state index in [0.717, 1.165) is 82.7 Å². The maximum Gasteiger partial charge on any atom is 0.210 e. The first-order valence-electron chi connectivity index (χ1n) is 13.8. The van der Waals surface area contributed by atoms with E-state index in [-0.39, 0.29) is 0 Å². The number of hydrogen-bond acceptors (Lipinski definition) is 6. The summed E-state index contributed by atoms with van der Waals surface area (Å²) in [5.74, 6) is 3.39. The third-order valence-corrected chi connectivity index (χ3v) is 9.80. The van der Waals surface area contributed by atoms with Gasteiger partial charge in [-0.2, -0.15) is 9.78 Å². The fourth-order valence-electron chi connectivity index (χ4n) is 8.16. The lowest BCUT2D eigenvalue weighted by Crippen LogP contribution is -2.59. The van der Waals surface area contributed by atoms with Crippen LogP contribution in [0.3, 0.4) is 0 Å². The molecular weight excluding hydrogens is 430 g/mol. The van der Waals surface area contributed by atoms with Crippen molar-refractivity contribution in [2.45, 2.75) is 75.3 Å². The van der Waals surface area contributed by atoms with Crippen molar-refractivity contribution >= 4 is 0 Å². The second kappa shape index (κ2) is 8.74. The van der Waals surface area contributed by atoms with Crippen LogP contribution in [0.2, 0.25) is 0 Å². The van der Waals surface area contributed by atoms with Gasteiger partial charge in [0, 0.05) is 44.3 Å². The number of hydrogen-bond donors (Lipinski definition) is 0. The van der Waals surface area contributed by atoms with Crippen molar-refractivity contribution in [2.24, 2.45) is 23.7 Å². The van der Waals surface area contributed by atoms with Crippen LogP contribution in [0.25, 0.3) is 0 Å². The number of nitrogens with zero attached hydrogens (tertiary/aromatic N) is 1. The van der Waals surface area contributed by atoms with Crippen LogP contribution in [0.4, 0.5) is 0 Å². The molecule has 1 aromatic carbocycles. The molecule has 186 valence electrons.